The molecule has 0 aromatic carbocycles. The van der Waals surface area contributed by atoms with Gasteiger partial charge in [-0.15, -0.1) is 0 Å². The summed E-state index contributed by atoms with van der Waals surface area (Å²) < 4.78 is 0. The van der Waals surface area contributed by atoms with Crippen LogP contribution in [0.25, 0.3) is 0 Å². The average Bonchev–Trinajstić information content (AvgIpc) is 3.44. The van der Waals surface area contributed by atoms with Crippen LogP contribution >= 0.6 is 0 Å². The van der Waals surface area contributed by atoms with Crippen molar-refractivity contribution in [3.05, 3.63) is 0 Å². The first-order chi connectivity index (χ1) is 10.4. The molecule has 0 aliphatic heterocycles. The molecule has 0 saturated heterocycles. The Morgan fingerprint density at radius 2 is 0.680 bits per heavy atom. The molecule has 4 atom stereocenters. The Morgan fingerprint density at radius 1 is 0.520 bits per heavy atom. The topological polar surface area (TPSA) is 315 Å². The van der Waals surface area contributed by atoms with Gasteiger partial charge in [0, 0.05) is 0 Å². The third-order valence-corrected chi connectivity index (χ3v) is 3.50. The van der Waals surface area contributed by atoms with Gasteiger partial charge in [0.15, 0.2) is 0 Å². The summed E-state index contributed by atoms with van der Waals surface area (Å²) in [6.07, 6.45) is 1.07. The molecule has 2 fully saturated rings. The largest absolute Gasteiger partial charge is 0.412 e. The molecular formula is C10H26N8O7. The summed E-state index contributed by atoms with van der Waals surface area (Å²) in [5.74, 6) is 17.0. The van der Waals surface area contributed by atoms with Crippen LogP contribution in [0, 0.1) is 23.7 Å². The van der Waals surface area contributed by atoms with E-state index in [4.69, 9.17) is 23.4 Å². The molecule has 0 aromatic heterocycles. The van der Waals surface area contributed by atoms with Crippen LogP contribution in [0.3, 0.4) is 0 Å². The Morgan fingerprint density at radius 3 is 0.800 bits per heavy atom. The van der Waals surface area contributed by atoms with Gasteiger partial charge >= 0.3 is 0 Å². The minimum atomic E-state index is -0.307. The van der Waals surface area contributed by atoms with Gasteiger partial charge in [-0.25, -0.2) is 23.4 Å². The number of hydrogen-bond donors (Lipinski definition) is 8. The molecule has 15 nitrogen and oxygen atoms in total. The lowest BCUT2D eigenvalue weighted by Crippen LogP contribution is -2.36. The van der Waals surface area contributed by atoms with Gasteiger partial charge in [-0.1, -0.05) is 0 Å². The van der Waals surface area contributed by atoms with Crippen LogP contribution in [0.5, 0.6) is 0 Å². The van der Waals surface area contributed by atoms with Gasteiger partial charge in [0.25, 0.3) is 0 Å². The number of carbonyl (C=O) groups excluding carboxylic acids is 4. The van der Waals surface area contributed by atoms with Crippen molar-refractivity contribution in [2.24, 2.45) is 47.0 Å². The van der Waals surface area contributed by atoms with Crippen LogP contribution in [-0.4, -0.2) is 40.1 Å². The summed E-state index contributed by atoms with van der Waals surface area (Å²) >= 11 is 0. The predicted octanol–water partition coefficient (Wildman–Crippen LogP) is -7.27. The number of amides is 4. The lowest BCUT2D eigenvalue weighted by Gasteiger charge is -1.96. The molecule has 2 rings (SSSR count). The number of nitrogens with one attached hydrogen (secondary N) is 4. The van der Waals surface area contributed by atoms with Gasteiger partial charge in [-0.05, 0) is 12.8 Å². The Labute approximate surface area is 142 Å². The number of carbonyl (C=O) groups is 4. The molecule has 0 heterocycles. The van der Waals surface area contributed by atoms with Crippen LogP contribution in [-0.2, 0) is 19.2 Å². The third kappa shape index (κ3) is 7.35. The van der Waals surface area contributed by atoms with Crippen LogP contribution in [0.1, 0.15) is 12.8 Å². The van der Waals surface area contributed by atoms with Crippen molar-refractivity contribution in [3.8, 4) is 0 Å². The first-order valence-corrected chi connectivity index (χ1v) is 6.43. The summed E-state index contributed by atoms with van der Waals surface area (Å²) in [7, 11) is 0. The molecule has 0 bridgehead atoms. The molecule has 2 aliphatic rings. The number of hydrazine groups is 4. The molecule has 15 heteroatoms. The highest BCUT2D eigenvalue weighted by molar-refractivity contribution is 5.92. The normalized spacial score (nSPS) is 24.2. The quantitative estimate of drug-likeness (QED) is 0.133. The maximum atomic E-state index is 10.7. The Hall–Kier alpha value is -2.40. The van der Waals surface area contributed by atoms with Crippen molar-refractivity contribution in [2.75, 3.05) is 0 Å². The summed E-state index contributed by atoms with van der Waals surface area (Å²) in [5.41, 5.74) is 7.90. The molecule has 2 aliphatic carbocycles. The van der Waals surface area contributed by atoms with Gasteiger partial charge in [-0.2, -0.15) is 0 Å². The van der Waals surface area contributed by atoms with Gasteiger partial charge in [0.2, 0.25) is 23.6 Å². The molecule has 0 unspecified atom stereocenters. The molecule has 0 spiro atoms. The average molecular weight is 370 g/mol. The third-order valence-electron chi connectivity index (χ3n) is 3.50. The zero-order valence-corrected chi connectivity index (χ0v) is 13.2. The van der Waals surface area contributed by atoms with Crippen molar-refractivity contribution in [3.63, 3.8) is 0 Å². The highest BCUT2D eigenvalue weighted by atomic mass is 16.2. The highest BCUT2D eigenvalue weighted by Crippen LogP contribution is 2.38. The van der Waals surface area contributed by atoms with Crippen LogP contribution in [0.4, 0.5) is 0 Å². The highest BCUT2D eigenvalue weighted by Gasteiger charge is 2.48. The number of rotatable bonds is 4. The monoisotopic (exact) mass is 370 g/mol. The van der Waals surface area contributed by atoms with Crippen molar-refractivity contribution >= 4 is 23.6 Å². The fourth-order valence-electron chi connectivity index (χ4n) is 1.98. The second-order valence-corrected chi connectivity index (χ2v) is 4.93. The van der Waals surface area contributed by atoms with E-state index in [0.29, 0.717) is 12.8 Å². The molecule has 0 aromatic rings. The van der Waals surface area contributed by atoms with E-state index in [1.165, 1.54) is 0 Å². The van der Waals surface area contributed by atoms with Crippen LogP contribution in [0.2, 0.25) is 0 Å². The molecule has 2 saturated carbocycles. The minimum absolute atomic E-state index is 0. The Kier molecular flexibility index (Phi) is 13.2. The van der Waals surface area contributed by atoms with Crippen molar-refractivity contribution in [1.29, 1.82) is 0 Å². The lowest BCUT2D eigenvalue weighted by molar-refractivity contribution is -0.127. The summed E-state index contributed by atoms with van der Waals surface area (Å²) in [5, 5.41) is 0. The fraction of sp³-hybridized carbons (Fsp3) is 0.600. The number of nitrogens with two attached hydrogens (primary N) is 4. The molecule has 18 N–H and O–H groups in total. The molecular weight excluding hydrogens is 344 g/mol. The maximum Gasteiger partial charge on any atom is 0.237 e. The van der Waals surface area contributed by atoms with E-state index in [1.54, 1.807) is 0 Å². The zero-order valence-electron chi connectivity index (χ0n) is 13.2. The van der Waals surface area contributed by atoms with Crippen LogP contribution in [0.15, 0.2) is 0 Å². The maximum absolute atomic E-state index is 10.7. The van der Waals surface area contributed by atoms with E-state index in [0.717, 1.165) is 0 Å². The van der Waals surface area contributed by atoms with E-state index >= 15 is 0 Å². The Bertz CT molecular complexity index is 394. The van der Waals surface area contributed by atoms with Crippen molar-refractivity contribution in [2.45, 2.75) is 12.8 Å². The molecule has 148 valence electrons. The summed E-state index contributed by atoms with van der Waals surface area (Å²) in [4.78, 5) is 43.0. The second kappa shape index (κ2) is 12.0. The van der Waals surface area contributed by atoms with E-state index in [9.17, 15) is 19.2 Å². The summed E-state index contributed by atoms with van der Waals surface area (Å²) in [6.45, 7) is 0. The second-order valence-electron chi connectivity index (χ2n) is 4.93. The van der Waals surface area contributed by atoms with Gasteiger partial charge in [0.05, 0.1) is 23.7 Å². The van der Waals surface area contributed by atoms with Crippen LogP contribution < -0.4 is 45.1 Å². The first-order valence-electron chi connectivity index (χ1n) is 6.43. The predicted molar refractivity (Wildman–Crippen MR) is 83.4 cm³/mol. The lowest BCUT2D eigenvalue weighted by atomic mass is 10.3. The van der Waals surface area contributed by atoms with E-state index < -0.39 is 0 Å². The smallest absolute Gasteiger partial charge is 0.237 e. The fourth-order valence-corrected chi connectivity index (χ4v) is 1.98. The van der Waals surface area contributed by atoms with E-state index in [2.05, 4.69) is 0 Å². The summed E-state index contributed by atoms with van der Waals surface area (Å²) in [6, 6.07) is 0. The van der Waals surface area contributed by atoms with Gasteiger partial charge in [0.1, 0.15) is 0 Å². The molecule has 0 radical (unpaired) electrons. The molecule has 4 amide bonds. The van der Waals surface area contributed by atoms with E-state index in [-0.39, 0.29) is 63.7 Å². The SMILES string of the molecule is NNC(=O)[C@H]1C[C@@H]1C(=O)NN.NNC(=O)[C@H]1C[C@@H]1C(=O)NN.O.O.O. The minimum Gasteiger partial charge on any atom is -0.412 e. The standard InChI is InChI=1S/2C5H10N4O2.3H2O/c2*6-8-4(10)2-1-3(2)5(11)9-7;;;/h2*2-3H,1,6-7H2,(H,8,10)(H,9,11);3*1H2/t2*2-,3-;;;/m00.../s1. The number of hydrogen-bond acceptors (Lipinski definition) is 8. The van der Waals surface area contributed by atoms with E-state index in [1.807, 2.05) is 21.7 Å². The van der Waals surface area contributed by atoms with Crippen molar-refractivity contribution < 1.29 is 35.6 Å². The molecule has 25 heavy (non-hydrogen) atoms. The van der Waals surface area contributed by atoms with Crippen molar-refractivity contribution in [1.82, 2.24) is 21.7 Å². The van der Waals surface area contributed by atoms with Gasteiger partial charge < -0.3 is 16.4 Å². The van der Waals surface area contributed by atoms with Gasteiger partial charge in [-0.3, -0.25) is 40.9 Å². The zero-order chi connectivity index (χ0) is 16.9. The first kappa shape index (κ1) is 27.4. The Balaban J connectivity index is -0.000000346.